The van der Waals surface area contributed by atoms with Crippen molar-refractivity contribution in [2.24, 2.45) is 5.92 Å². The first-order valence-corrected chi connectivity index (χ1v) is 8.54. The monoisotopic (exact) mass is 381 g/mol. The Hall–Kier alpha value is -0.910. The average Bonchev–Trinajstić information content (AvgIpc) is 2.75. The Morgan fingerprint density at radius 1 is 1.09 bits per heavy atom. The fourth-order valence-electron chi connectivity index (χ4n) is 4.54. The molecule has 4 atom stereocenters. The quantitative estimate of drug-likeness (QED) is 0.526. The van der Waals surface area contributed by atoms with Crippen LogP contribution in [-0.4, -0.2) is 35.9 Å². The summed E-state index contributed by atoms with van der Waals surface area (Å²) < 4.78 is 6.07. The van der Waals surface area contributed by atoms with Crippen LogP contribution >= 0.6 is 0 Å². The van der Waals surface area contributed by atoms with Gasteiger partial charge in [0.05, 0.1) is 6.61 Å². The lowest BCUT2D eigenvalue weighted by Crippen LogP contribution is -3.00. The number of fused-ring (bicyclic) bond motifs is 3. The molecule has 0 aliphatic carbocycles. The van der Waals surface area contributed by atoms with Gasteiger partial charge in [-0.1, -0.05) is 30.3 Å². The fourth-order valence-corrected chi connectivity index (χ4v) is 4.54. The highest BCUT2D eigenvalue weighted by molar-refractivity contribution is 5.74. The van der Waals surface area contributed by atoms with Gasteiger partial charge in [-0.25, -0.2) is 0 Å². The Morgan fingerprint density at radius 2 is 1.91 bits per heavy atom. The van der Waals surface area contributed by atoms with Gasteiger partial charge in [0.1, 0.15) is 31.2 Å². The standard InChI is InChI=1S/C18H24NO3.BrH/c20-18-17-15-9-4-5-11-19(15,13-14-7-2-1-3-8-14)22-16(17)10-6-12-21-18;/h1-3,7-8,15-17H,4-6,9-13H2;1H/q+1;/p-1/t15-,16-,17-,19?;/m1./s1. The van der Waals surface area contributed by atoms with Crippen molar-refractivity contribution in [2.45, 2.75) is 50.8 Å². The maximum atomic E-state index is 12.4. The Bertz CT molecular complexity index is 552. The topological polar surface area (TPSA) is 35.5 Å². The van der Waals surface area contributed by atoms with Crippen LogP contribution in [0.15, 0.2) is 30.3 Å². The molecule has 3 aliphatic heterocycles. The summed E-state index contributed by atoms with van der Waals surface area (Å²) in [5, 5.41) is 0. The van der Waals surface area contributed by atoms with Crippen molar-refractivity contribution >= 4 is 5.97 Å². The smallest absolute Gasteiger partial charge is 0.318 e. The van der Waals surface area contributed by atoms with Crippen LogP contribution in [0.5, 0.6) is 0 Å². The zero-order chi connectivity index (χ0) is 15.0. The second-order valence-electron chi connectivity index (χ2n) is 6.86. The first-order chi connectivity index (χ1) is 10.8. The molecule has 5 heteroatoms. The van der Waals surface area contributed by atoms with Crippen molar-refractivity contribution < 1.29 is 36.0 Å². The van der Waals surface area contributed by atoms with Crippen LogP contribution in [0, 0.1) is 5.92 Å². The molecule has 0 bridgehead atoms. The summed E-state index contributed by atoms with van der Waals surface area (Å²) in [6, 6.07) is 10.8. The number of esters is 1. The van der Waals surface area contributed by atoms with Gasteiger partial charge >= 0.3 is 5.97 Å². The zero-order valence-corrected chi connectivity index (χ0v) is 14.9. The summed E-state index contributed by atoms with van der Waals surface area (Å²) in [6.07, 6.45) is 5.36. The molecule has 4 nitrogen and oxygen atoms in total. The van der Waals surface area contributed by atoms with Gasteiger partial charge < -0.3 is 21.7 Å². The molecule has 3 heterocycles. The first kappa shape index (κ1) is 16.9. The van der Waals surface area contributed by atoms with E-state index in [1.54, 1.807) is 0 Å². The number of halogens is 1. The molecule has 3 aliphatic rings. The van der Waals surface area contributed by atoms with Crippen molar-refractivity contribution in [1.29, 1.82) is 0 Å². The molecule has 3 fully saturated rings. The number of hydrogen-bond acceptors (Lipinski definition) is 3. The minimum absolute atomic E-state index is 0. The molecule has 126 valence electrons. The van der Waals surface area contributed by atoms with E-state index in [1.165, 1.54) is 18.4 Å². The number of cyclic esters (lactones) is 1. The van der Waals surface area contributed by atoms with Crippen molar-refractivity contribution in [1.82, 2.24) is 0 Å². The summed E-state index contributed by atoms with van der Waals surface area (Å²) >= 11 is 0. The molecule has 0 spiro atoms. The maximum Gasteiger partial charge on any atom is 0.318 e. The number of piperidine rings is 1. The molecule has 23 heavy (non-hydrogen) atoms. The summed E-state index contributed by atoms with van der Waals surface area (Å²) in [6.45, 7) is 2.44. The molecular weight excluding hydrogens is 358 g/mol. The van der Waals surface area contributed by atoms with Crippen molar-refractivity contribution in [3.63, 3.8) is 0 Å². The highest BCUT2D eigenvalue weighted by Crippen LogP contribution is 2.45. The van der Waals surface area contributed by atoms with Gasteiger partial charge in [-0.15, -0.1) is 0 Å². The summed E-state index contributed by atoms with van der Waals surface area (Å²) in [4.78, 5) is 19.0. The number of benzene rings is 1. The molecule has 1 unspecified atom stereocenters. The number of nitrogens with zero attached hydrogens (tertiary/aromatic N) is 1. The number of ether oxygens (including phenoxy) is 1. The van der Waals surface area contributed by atoms with Crippen LogP contribution in [-0.2, 0) is 20.9 Å². The van der Waals surface area contributed by atoms with Gasteiger partial charge in [0.2, 0.25) is 0 Å². The molecule has 0 aromatic heterocycles. The van der Waals surface area contributed by atoms with Crippen LogP contribution in [0.2, 0.25) is 0 Å². The van der Waals surface area contributed by atoms with E-state index >= 15 is 0 Å². The van der Waals surface area contributed by atoms with Crippen LogP contribution in [0.3, 0.4) is 0 Å². The first-order valence-electron chi connectivity index (χ1n) is 8.54. The minimum Gasteiger partial charge on any atom is -1.00 e. The highest BCUT2D eigenvalue weighted by atomic mass is 79.9. The van der Waals surface area contributed by atoms with E-state index in [2.05, 4.69) is 24.3 Å². The number of rotatable bonds is 2. The molecule has 4 rings (SSSR count). The van der Waals surface area contributed by atoms with E-state index in [0.29, 0.717) is 11.3 Å². The molecule has 1 aromatic rings. The Balaban J connectivity index is 0.00000156. The number of quaternary nitrogens is 1. The number of carbonyl (C=O) groups excluding carboxylic acids is 1. The lowest BCUT2D eigenvalue weighted by molar-refractivity contribution is -1.12. The minimum atomic E-state index is -0.0634. The second-order valence-corrected chi connectivity index (χ2v) is 6.86. The Labute approximate surface area is 148 Å². The largest absolute Gasteiger partial charge is 1.00 e. The Kier molecular flexibility index (Phi) is 5.09. The van der Waals surface area contributed by atoms with Crippen LogP contribution in [0.4, 0.5) is 0 Å². The number of hydroxylamine groups is 3. The van der Waals surface area contributed by atoms with E-state index in [4.69, 9.17) is 9.57 Å². The SMILES string of the molecule is O=C1OCCC[C@H]2O[N+]3(Cc4ccccc4)CCCC[C@@H]3[C@@H]12.[Br-]. The molecular formula is C18H24BrNO3. The predicted octanol–water partition coefficient (Wildman–Crippen LogP) is -0.173. The lowest BCUT2D eigenvalue weighted by Gasteiger charge is -2.40. The third kappa shape index (κ3) is 3.06. The number of hydrogen-bond donors (Lipinski definition) is 0. The van der Waals surface area contributed by atoms with Crippen LogP contribution in [0.25, 0.3) is 0 Å². The van der Waals surface area contributed by atoms with Crippen LogP contribution < -0.4 is 17.0 Å². The molecule has 3 saturated heterocycles. The number of carbonyl (C=O) groups is 1. The second kappa shape index (κ2) is 6.91. The van der Waals surface area contributed by atoms with Crippen molar-refractivity contribution in [3.8, 4) is 0 Å². The van der Waals surface area contributed by atoms with Gasteiger partial charge in [0, 0.05) is 12.0 Å². The maximum absolute atomic E-state index is 12.4. The average molecular weight is 382 g/mol. The van der Waals surface area contributed by atoms with Crippen molar-refractivity contribution in [3.05, 3.63) is 35.9 Å². The third-order valence-corrected chi connectivity index (χ3v) is 5.49. The predicted molar refractivity (Wildman–Crippen MR) is 81.5 cm³/mol. The molecule has 0 N–H and O–H groups in total. The van der Waals surface area contributed by atoms with Gasteiger partial charge in [0.15, 0.2) is 0 Å². The van der Waals surface area contributed by atoms with Crippen molar-refractivity contribution in [2.75, 3.05) is 13.2 Å². The van der Waals surface area contributed by atoms with E-state index in [-0.39, 0.29) is 41.0 Å². The van der Waals surface area contributed by atoms with Gasteiger partial charge in [-0.2, -0.15) is 9.48 Å². The summed E-state index contributed by atoms with van der Waals surface area (Å²) in [5.41, 5.74) is 1.29. The zero-order valence-electron chi connectivity index (χ0n) is 13.3. The normalized spacial score (nSPS) is 36.2. The van der Waals surface area contributed by atoms with Gasteiger partial charge in [-0.3, -0.25) is 4.79 Å². The third-order valence-electron chi connectivity index (χ3n) is 5.49. The van der Waals surface area contributed by atoms with E-state index < -0.39 is 0 Å². The summed E-state index contributed by atoms with van der Waals surface area (Å²) in [7, 11) is 0. The van der Waals surface area contributed by atoms with Gasteiger partial charge in [0.25, 0.3) is 0 Å². The summed E-state index contributed by atoms with van der Waals surface area (Å²) in [5.74, 6) is -0.0889. The van der Waals surface area contributed by atoms with E-state index in [9.17, 15) is 4.79 Å². The molecule has 0 radical (unpaired) electrons. The molecule has 1 aromatic carbocycles. The van der Waals surface area contributed by atoms with Crippen LogP contribution in [0.1, 0.15) is 37.7 Å². The lowest BCUT2D eigenvalue weighted by atomic mass is 9.86. The molecule has 0 amide bonds. The molecule has 0 saturated carbocycles. The highest BCUT2D eigenvalue weighted by Gasteiger charge is 2.60. The fraction of sp³-hybridized carbons (Fsp3) is 0.611. The van der Waals surface area contributed by atoms with E-state index in [1.807, 2.05) is 6.07 Å². The Morgan fingerprint density at radius 3 is 2.74 bits per heavy atom. The van der Waals surface area contributed by atoms with E-state index in [0.717, 1.165) is 32.4 Å². The van der Waals surface area contributed by atoms with Gasteiger partial charge in [-0.05, 0) is 25.7 Å².